The van der Waals surface area contributed by atoms with Crippen molar-refractivity contribution in [2.24, 2.45) is 0 Å². The molecule has 0 bridgehead atoms. The van der Waals surface area contributed by atoms with Crippen LogP contribution in [-0.4, -0.2) is 22.3 Å². The van der Waals surface area contributed by atoms with E-state index in [-0.39, 0.29) is 12.5 Å². The fourth-order valence-corrected chi connectivity index (χ4v) is 1.76. The average Bonchev–Trinajstić information content (AvgIpc) is 2.37. The summed E-state index contributed by atoms with van der Waals surface area (Å²) in [6.45, 7) is 2.16. The molecule has 0 saturated carbocycles. The summed E-state index contributed by atoms with van der Waals surface area (Å²) in [7, 11) is 0. The molecule has 0 aliphatic rings. The van der Waals surface area contributed by atoms with Crippen molar-refractivity contribution in [3.8, 4) is 0 Å². The van der Waals surface area contributed by atoms with Crippen molar-refractivity contribution in [3.63, 3.8) is 0 Å². The van der Waals surface area contributed by atoms with Gasteiger partial charge in [0.15, 0.2) is 0 Å². The number of allylic oxidation sites excluding steroid dienone is 4. The van der Waals surface area contributed by atoms with E-state index in [1.807, 2.05) is 0 Å². The number of aliphatic hydroxyl groups excluding tert-OH is 1. The number of aliphatic hydroxyl groups is 1. The van der Waals surface area contributed by atoms with Gasteiger partial charge in [-0.3, -0.25) is 4.79 Å². The fourth-order valence-electron chi connectivity index (χ4n) is 1.76. The molecule has 0 fully saturated rings. The summed E-state index contributed by atoms with van der Waals surface area (Å²) in [6.07, 6.45) is 15.6. The third kappa shape index (κ3) is 14.9. The van der Waals surface area contributed by atoms with E-state index >= 15 is 0 Å². The summed E-state index contributed by atoms with van der Waals surface area (Å²) in [5.41, 5.74) is 0. The predicted molar refractivity (Wildman–Crippen MR) is 79.1 cm³/mol. The van der Waals surface area contributed by atoms with E-state index in [0.717, 1.165) is 32.1 Å². The first-order valence-corrected chi connectivity index (χ1v) is 7.36. The lowest BCUT2D eigenvalue weighted by atomic mass is 10.1. The van der Waals surface area contributed by atoms with Crippen molar-refractivity contribution in [2.45, 2.75) is 70.8 Å². The van der Waals surface area contributed by atoms with Crippen LogP contribution in [0.4, 0.5) is 0 Å². The molecule has 0 rings (SSSR count). The number of carboxylic acid groups (broad SMARTS) is 1. The van der Waals surface area contributed by atoms with E-state index < -0.39 is 5.97 Å². The molecule has 3 heteroatoms. The molecule has 1 unspecified atom stereocenters. The maximum Gasteiger partial charge on any atom is 0.303 e. The van der Waals surface area contributed by atoms with Crippen LogP contribution in [0.25, 0.3) is 0 Å². The van der Waals surface area contributed by atoms with Crippen LogP contribution in [0.15, 0.2) is 24.3 Å². The van der Waals surface area contributed by atoms with Crippen LogP contribution in [0.5, 0.6) is 0 Å². The van der Waals surface area contributed by atoms with Crippen molar-refractivity contribution in [2.75, 3.05) is 0 Å². The minimum Gasteiger partial charge on any atom is -0.481 e. The second-order valence-corrected chi connectivity index (χ2v) is 4.84. The molecule has 0 spiro atoms. The number of rotatable bonds is 12. The summed E-state index contributed by atoms with van der Waals surface area (Å²) in [4.78, 5) is 10.3. The molecule has 0 heterocycles. The molecule has 0 aromatic heterocycles. The summed E-state index contributed by atoms with van der Waals surface area (Å²) in [6, 6.07) is 0. The molecular weight excluding hydrogens is 240 g/mol. The monoisotopic (exact) mass is 268 g/mol. The third-order valence-corrected chi connectivity index (χ3v) is 2.91. The molecule has 0 radical (unpaired) electrons. The first-order chi connectivity index (χ1) is 9.16. The number of unbranched alkanes of at least 4 members (excludes halogenated alkanes) is 2. The van der Waals surface area contributed by atoms with Crippen LogP contribution < -0.4 is 0 Å². The van der Waals surface area contributed by atoms with E-state index in [0.29, 0.717) is 12.8 Å². The molecule has 19 heavy (non-hydrogen) atoms. The van der Waals surface area contributed by atoms with Crippen LogP contribution in [-0.2, 0) is 4.79 Å². The first-order valence-electron chi connectivity index (χ1n) is 7.36. The quantitative estimate of drug-likeness (QED) is 0.414. The Hall–Kier alpha value is -1.09. The van der Waals surface area contributed by atoms with Crippen molar-refractivity contribution in [1.82, 2.24) is 0 Å². The summed E-state index contributed by atoms with van der Waals surface area (Å²) in [5.74, 6) is -0.756. The van der Waals surface area contributed by atoms with Gasteiger partial charge >= 0.3 is 5.97 Å². The van der Waals surface area contributed by atoms with Crippen LogP contribution in [0.3, 0.4) is 0 Å². The van der Waals surface area contributed by atoms with Gasteiger partial charge in [-0.2, -0.15) is 0 Å². The van der Waals surface area contributed by atoms with E-state index in [1.165, 1.54) is 6.42 Å². The molecule has 0 amide bonds. The highest BCUT2D eigenvalue weighted by Gasteiger charge is 2.03. The minimum atomic E-state index is -0.756. The molecule has 3 nitrogen and oxygen atoms in total. The summed E-state index contributed by atoms with van der Waals surface area (Å²) in [5, 5.41) is 18.2. The predicted octanol–water partition coefficient (Wildman–Crippen LogP) is 4.08. The van der Waals surface area contributed by atoms with E-state index in [4.69, 9.17) is 5.11 Å². The van der Waals surface area contributed by atoms with E-state index in [9.17, 15) is 9.90 Å². The molecule has 0 saturated heterocycles. The molecule has 0 aromatic carbocycles. The number of carboxylic acids is 1. The zero-order valence-electron chi connectivity index (χ0n) is 12.1. The molecule has 0 aliphatic heterocycles. The molecule has 0 aliphatic carbocycles. The lowest BCUT2D eigenvalue weighted by Gasteiger charge is -2.07. The lowest BCUT2D eigenvalue weighted by molar-refractivity contribution is -0.137. The Morgan fingerprint density at radius 1 is 1.05 bits per heavy atom. The van der Waals surface area contributed by atoms with Crippen molar-refractivity contribution in [1.29, 1.82) is 0 Å². The van der Waals surface area contributed by atoms with Crippen molar-refractivity contribution < 1.29 is 15.0 Å². The van der Waals surface area contributed by atoms with Crippen LogP contribution in [0.1, 0.15) is 64.7 Å². The highest BCUT2D eigenvalue weighted by atomic mass is 16.4. The molecule has 1 atom stereocenters. The van der Waals surface area contributed by atoms with E-state index in [1.54, 1.807) is 0 Å². The van der Waals surface area contributed by atoms with Gasteiger partial charge in [0.25, 0.3) is 0 Å². The van der Waals surface area contributed by atoms with E-state index in [2.05, 4.69) is 31.2 Å². The smallest absolute Gasteiger partial charge is 0.303 e. The average molecular weight is 268 g/mol. The topological polar surface area (TPSA) is 57.5 Å². The van der Waals surface area contributed by atoms with Gasteiger partial charge in [0.1, 0.15) is 0 Å². The highest BCUT2D eigenvalue weighted by Crippen LogP contribution is 2.09. The van der Waals surface area contributed by atoms with Gasteiger partial charge in [-0.05, 0) is 38.5 Å². The molecular formula is C16H28O3. The fraction of sp³-hybridized carbons (Fsp3) is 0.688. The Bertz CT molecular complexity index is 269. The standard InChI is InChI=1S/C16H28O3/c1-2-3-4-5-6-7-8-9-12-15(17)13-10-11-14-16(18)19/h4-5,7-8,15,17H,2-3,6,9-14H2,1H3,(H,18,19)/b5-4-,8-7-. The maximum absolute atomic E-state index is 10.3. The first kappa shape index (κ1) is 17.9. The third-order valence-electron chi connectivity index (χ3n) is 2.91. The molecule has 0 aromatic rings. The Kier molecular flexibility index (Phi) is 12.6. The molecule has 110 valence electrons. The summed E-state index contributed by atoms with van der Waals surface area (Å²) < 4.78 is 0. The Morgan fingerprint density at radius 2 is 1.74 bits per heavy atom. The van der Waals surface area contributed by atoms with Gasteiger partial charge in [0, 0.05) is 6.42 Å². The van der Waals surface area contributed by atoms with Crippen LogP contribution in [0.2, 0.25) is 0 Å². The lowest BCUT2D eigenvalue weighted by Crippen LogP contribution is -2.06. The van der Waals surface area contributed by atoms with Crippen molar-refractivity contribution in [3.05, 3.63) is 24.3 Å². The number of hydrogen-bond acceptors (Lipinski definition) is 2. The van der Waals surface area contributed by atoms with Gasteiger partial charge in [-0.25, -0.2) is 0 Å². The second-order valence-electron chi connectivity index (χ2n) is 4.84. The second kappa shape index (κ2) is 13.3. The Morgan fingerprint density at radius 3 is 2.37 bits per heavy atom. The van der Waals surface area contributed by atoms with Crippen LogP contribution in [0, 0.1) is 0 Å². The summed E-state index contributed by atoms with van der Waals surface area (Å²) >= 11 is 0. The van der Waals surface area contributed by atoms with Gasteiger partial charge in [-0.1, -0.05) is 44.1 Å². The zero-order valence-corrected chi connectivity index (χ0v) is 12.1. The SMILES string of the molecule is CCC/C=C\C/C=C\CCC(O)CCCCC(=O)O. The zero-order chi connectivity index (χ0) is 14.3. The van der Waals surface area contributed by atoms with Gasteiger partial charge in [0.2, 0.25) is 0 Å². The Balaban J connectivity index is 3.39. The maximum atomic E-state index is 10.3. The number of aliphatic carboxylic acids is 1. The van der Waals surface area contributed by atoms with Gasteiger partial charge in [-0.15, -0.1) is 0 Å². The largest absolute Gasteiger partial charge is 0.481 e. The van der Waals surface area contributed by atoms with Crippen LogP contribution >= 0.6 is 0 Å². The van der Waals surface area contributed by atoms with Gasteiger partial charge in [0.05, 0.1) is 6.10 Å². The highest BCUT2D eigenvalue weighted by molar-refractivity contribution is 5.66. The van der Waals surface area contributed by atoms with Crippen molar-refractivity contribution >= 4 is 5.97 Å². The normalized spacial score (nSPS) is 13.4. The minimum absolute atomic E-state index is 0.205. The number of carbonyl (C=O) groups is 1. The van der Waals surface area contributed by atoms with Gasteiger partial charge < -0.3 is 10.2 Å². The molecule has 2 N–H and O–H groups in total. The Labute approximate surface area is 117 Å². The number of hydrogen-bond donors (Lipinski definition) is 2.